The van der Waals surface area contributed by atoms with Gasteiger partial charge in [0.2, 0.25) is 0 Å². The van der Waals surface area contributed by atoms with Crippen LogP contribution in [0.1, 0.15) is 30.4 Å². The minimum Gasteiger partial charge on any atom is -0.445 e. The lowest BCUT2D eigenvalue weighted by Crippen LogP contribution is -2.43. The molecule has 1 saturated heterocycles. The monoisotopic (exact) mass is 371 g/mol. The molecular weight excluding hydrogens is 353 g/mol. The number of fused-ring (bicyclic) bond motifs is 2. The summed E-state index contributed by atoms with van der Waals surface area (Å²) in [6.07, 6.45) is 4.12. The third-order valence-electron chi connectivity index (χ3n) is 5.09. The molecule has 2 aromatic rings. The molecule has 2 atom stereocenters. The molecule has 2 heterocycles. The van der Waals surface area contributed by atoms with E-state index in [2.05, 4.69) is 0 Å². The Morgan fingerprint density at radius 3 is 2.73 bits per heavy atom. The molecule has 2 aliphatic rings. The zero-order chi connectivity index (χ0) is 18.1. The number of hydrogen-bond acceptors (Lipinski definition) is 2. The third kappa shape index (κ3) is 3.34. The molecule has 0 aliphatic carbocycles. The predicted molar refractivity (Wildman–Crippen MR) is 99.3 cm³/mol. The Morgan fingerprint density at radius 2 is 2.00 bits per heavy atom. The van der Waals surface area contributed by atoms with Crippen LogP contribution in [0, 0.1) is 5.82 Å². The number of nitrogens with zero attached hydrogens (tertiary/aromatic N) is 1. The highest BCUT2D eigenvalue weighted by Crippen LogP contribution is 2.39. The van der Waals surface area contributed by atoms with Gasteiger partial charge >= 0.3 is 6.09 Å². The van der Waals surface area contributed by atoms with Crippen molar-refractivity contribution in [1.82, 2.24) is 4.90 Å². The van der Waals surface area contributed by atoms with Crippen LogP contribution in [0.3, 0.4) is 0 Å². The Balaban J connectivity index is 1.49. The van der Waals surface area contributed by atoms with Crippen molar-refractivity contribution >= 4 is 23.3 Å². The van der Waals surface area contributed by atoms with Gasteiger partial charge in [-0.3, -0.25) is 4.90 Å². The molecule has 1 fully saturated rings. The van der Waals surface area contributed by atoms with Gasteiger partial charge in [0.25, 0.3) is 0 Å². The van der Waals surface area contributed by atoms with Crippen LogP contribution in [0.4, 0.5) is 9.18 Å². The Morgan fingerprint density at radius 1 is 1.19 bits per heavy atom. The van der Waals surface area contributed by atoms with Gasteiger partial charge in [-0.1, -0.05) is 54.1 Å². The number of carbonyl (C=O) groups is 1. The van der Waals surface area contributed by atoms with Gasteiger partial charge in [0.05, 0.1) is 6.04 Å². The molecule has 134 valence electrons. The van der Waals surface area contributed by atoms with Gasteiger partial charge in [0.15, 0.2) is 0 Å². The number of halogens is 2. The van der Waals surface area contributed by atoms with Crippen molar-refractivity contribution in [2.45, 2.75) is 38.0 Å². The molecule has 0 N–H and O–H groups in total. The molecule has 2 bridgehead atoms. The first-order valence-corrected chi connectivity index (χ1v) is 9.15. The summed E-state index contributed by atoms with van der Waals surface area (Å²) in [5, 5.41) is 0.386. The van der Waals surface area contributed by atoms with Crippen molar-refractivity contribution in [1.29, 1.82) is 0 Å². The van der Waals surface area contributed by atoms with E-state index < -0.39 is 0 Å². The SMILES string of the molecule is O=C(OCc1ccccc1)N1C2C=C(c3ccc(Cl)cc3F)CC1CC2. The Kier molecular flexibility index (Phi) is 4.68. The normalized spacial score (nSPS) is 21.5. The van der Waals surface area contributed by atoms with Gasteiger partial charge in [0, 0.05) is 16.6 Å². The average molecular weight is 372 g/mol. The van der Waals surface area contributed by atoms with Crippen LogP contribution in [0.25, 0.3) is 5.57 Å². The van der Waals surface area contributed by atoms with Crippen LogP contribution in [-0.4, -0.2) is 23.1 Å². The van der Waals surface area contributed by atoms with E-state index in [9.17, 15) is 9.18 Å². The van der Waals surface area contributed by atoms with E-state index >= 15 is 0 Å². The summed E-state index contributed by atoms with van der Waals surface area (Å²) in [6.45, 7) is 0.262. The van der Waals surface area contributed by atoms with Gasteiger partial charge in [0.1, 0.15) is 12.4 Å². The molecule has 0 spiro atoms. The van der Waals surface area contributed by atoms with Crippen LogP contribution in [0.15, 0.2) is 54.6 Å². The summed E-state index contributed by atoms with van der Waals surface area (Å²) in [4.78, 5) is 14.4. The lowest BCUT2D eigenvalue weighted by atomic mass is 9.94. The van der Waals surface area contributed by atoms with Crippen molar-refractivity contribution < 1.29 is 13.9 Å². The average Bonchev–Trinajstić information content (AvgIpc) is 2.90. The largest absolute Gasteiger partial charge is 0.445 e. The molecule has 2 aromatic carbocycles. The first-order chi connectivity index (χ1) is 12.6. The van der Waals surface area contributed by atoms with Crippen LogP contribution >= 0.6 is 11.6 Å². The van der Waals surface area contributed by atoms with Crippen LogP contribution in [0.5, 0.6) is 0 Å². The van der Waals surface area contributed by atoms with E-state index in [1.54, 1.807) is 17.0 Å². The second kappa shape index (κ2) is 7.12. The summed E-state index contributed by atoms with van der Waals surface area (Å²) in [6, 6.07) is 14.4. The molecule has 0 aromatic heterocycles. The first-order valence-electron chi connectivity index (χ1n) is 8.77. The minimum absolute atomic E-state index is 0.0397. The maximum atomic E-state index is 14.2. The fraction of sp³-hybridized carbons (Fsp3) is 0.286. The van der Waals surface area contributed by atoms with E-state index in [0.717, 1.165) is 24.0 Å². The summed E-state index contributed by atoms with van der Waals surface area (Å²) in [5.74, 6) is -0.316. The minimum atomic E-state index is -0.316. The molecule has 4 rings (SSSR count). The van der Waals surface area contributed by atoms with Gasteiger partial charge in [-0.25, -0.2) is 9.18 Å². The van der Waals surface area contributed by atoms with E-state index in [4.69, 9.17) is 16.3 Å². The van der Waals surface area contributed by atoms with Crippen LogP contribution in [-0.2, 0) is 11.3 Å². The maximum absolute atomic E-state index is 14.2. The van der Waals surface area contributed by atoms with Gasteiger partial charge in [-0.2, -0.15) is 0 Å². The number of carbonyl (C=O) groups excluding carboxylic acids is 1. The standard InChI is InChI=1S/C21H19ClFNO2/c22-16-6-9-19(20(23)12-16)15-10-17-7-8-18(11-15)24(17)21(25)26-13-14-4-2-1-3-5-14/h1-6,9-10,12,17-18H,7-8,11,13H2. The lowest BCUT2D eigenvalue weighted by Gasteiger charge is -2.33. The van der Waals surface area contributed by atoms with Crippen molar-refractivity contribution in [3.63, 3.8) is 0 Å². The molecular formula is C21H19ClFNO2. The number of hydrogen-bond donors (Lipinski definition) is 0. The topological polar surface area (TPSA) is 29.5 Å². The Hall–Kier alpha value is -2.33. The summed E-state index contributed by atoms with van der Waals surface area (Å²) in [7, 11) is 0. The smallest absolute Gasteiger partial charge is 0.410 e. The van der Waals surface area contributed by atoms with E-state index in [1.807, 2.05) is 36.4 Å². The van der Waals surface area contributed by atoms with Crippen LogP contribution in [0.2, 0.25) is 5.02 Å². The molecule has 2 unspecified atom stereocenters. The van der Waals surface area contributed by atoms with Crippen molar-refractivity contribution in [3.05, 3.63) is 76.6 Å². The van der Waals surface area contributed by atoms with E-state index in [-0.39, 0.29) is 30.6 Å². The van der Waals surface area contributed by atoms with Crippen molar-refractivity contribution in [3.8, 4) is 0 Å². The van der Waals surface area contributed by atoms with E-state index in [0.29, 0.717) is 17.0 Å². The highest BCUT2D eigenvalue weighted by molar-refractivity contribution is 6.30. The number of amides is 1. The highest BCUT2D eigenvalue weighted by Gasteiger charge is 2.41. The molecule has 3 nitrogen and oxygen atoms in total. The van der Waals surface area contributed by atoms with Gasteiger partial charge in [-0.15, -0.1) is 0 Å². The quantitative estimate of drug-likeness (QED) is 0.719. The fourth-order valence-electron chi connectivity index (χ4n) is 3.86. The predicted octanol–water partition coefficient (Wildman–Crippen LogP) is 5.44. The lowest BCUT2D eigenvalue weighted by molar-refractivity contribution is 0.0832. The van der Waals surface area contributed by atoms with Gasteiger partial charge < -0.3 is 4.74 Å². The van der Waals surface area contributed by atoms with Crippen molar-refractivity contribution in [2.24, 2.45) is 0 Å². The number of benzene rings is 2. The zero-order valence-corrected chi connectivity index (χ0v) is 15.0. The second-order valence-electron chi connectivity index (χ2n) is 6.77. The second-order valence-corrected chi connectivity index (χ2v) is 7.20. The number of rotatable bonds is 3. The van der Waals surface area contributed by atoms with Gasteiger partial charge in [-0.05, 0) is 42.5 Å². The molecule has 2 aliphatic heterocycles. The molecule has 5 heteroatoms. The Labute approximate surface area is 157 Å². The zero-order valence-electron chi connectivity index (χ0n) is 14.2. The fourth-order valence-corrected chi connectivity index (χ4v) is 4.02. The molecule has 0 radical (unpaired) electrons. The molecule has 26 heavy (non-hydrogen) atoms. The summed E-state index contributed by atoms with van der Waals surface area (Å²) < 4.78 is 19.7. The van der Waals surface area contributed by atoms with Crippen molar-refractivity contribution in [2.75, 3.05) is 0 Å². The highest BCUT2D eigenvalue weighted by atomic mass is 35.5. The van der Waals surface area contributed by atoms with Crippen LogP contribution < -0.4 is 0 Å². The first kappa shape index (κ1) is 17.1. The third-order valence-corrected chi connectivity index (χ3v) is 5.32. The summed E-state index contributed by atoms with van der Waals surface area (Å²) in [5.41, 5.74) is 2.48. The molecule has 1 amide bonds. The maximum Gasteiger partial charge on any atom is 0.410 e. The number of ether oxygens (including phenoxy) is 1. The molecule has 0 saturated carbocycles. The van der Waals surface area contributed by atoms with E-state index in [1.165, 1.54) is 6.07 Å². The summed E-state index contributed by atoms with van der Waals surface area (Å²) >= 11 is 5.85. The Bertz CT molecular complexity index is 852.